The van der Waals surface area contributed by atoms with Crippen LogP contribution in [-0.2, 0) is 22.3 Å². The Kier molecular flexibility index (Phi) is 237. The first kappa shape index (κ1) is 15.7. The molecule has 0 aromatic heterocycles. The summed E-state index contributed by atoms with van der Waals surface area (Å²) in [6.45, 7) is 0. The van der Waals surface area contributed by atoms with Crippen molar-refractivity contribution in [3.05, 3.63) is 0 Å². The van der Waals surface area contributed by atoms with Crippen LogP contribution in [0.4, 0.5) is 0 Å². The van der Waals surface area contributed by atoms with Gasteiger partial charge in [0.25, 0.3) is 0 Å². The average Bonchev–Trinajstić information content (AvgIpc) is 1.78. The van der Waals surface area contributed by atoms with Gasteiger partial charge in [-0.3, -0.25) is 10.5 Å². The van der Waals surface area contributed by atoms with E-state index in [1.807, 2.05) is 0 Å². The topological polar surface area (TPSA) is 121 Å². The van der Waals surface area contributed by atoms with Gasteiger partial charge in [-0.2, -0.15) is 0 Å². The van der Waals surface area contributed by atoms with E-state index in [-0.39, 0.29) is 0 Å². The standard InChI is InChI=1S/2H2O2.H2O.O.W/c2*1-2;;;/h2*1-2H;1H2;;/q;;;;+1/p-2. The van der Waals surface area contributed by atoms with Crippen LogP contribution in [0.3, 0.4) is 0 Å². The van der Waals surface area contributed by atoms with Crippen molar-refractivity contribution in [2.45, 2.75) is 0 Å². The molecule has 0 aliphatic carbocycles. The fourth-order valence-electron chi connectivity index (χ4n) is 0. The predicted octanol–water partition coefficient (Wildman–Crippen LogP) is -1.84. The summed E-state index contributed by atoms with van der Waals surface area (Å²) < 4.78 is 15.8. The van der Waals surface area contributed by atoms with Gasteiger partial charge in [-0.1, -0.05) is 0 Å². The monoisotopic (exact) mass is 284 g/mol. The Hall–Kier alpha value is 0.288. The van der Waals surface area contributed by atoms with E-state index in [2.05, 4.69) is 0 Å². The van der Waals surface area contributed by atoms with Crippen molar-refractivity contribution in [1.82, 2.24) is 0 Å². The molecule has 7 heavy (non-hydrogen) atoms. The SMILES string of the molecule is OO.[O-]O.[O]=[W][OH]. The Labute approximate surface area is 47.8 Å². The molecule has 0 aliphatic rings. The third kappa shape index (κ3) is 1390. The van der Waals surface area contributed by atoms with Crippen molar-refractivity contribution in [3.63, 3.8) is 0 Å². The molecule has 0 fully saturated rings. The molecule has 0 heterocycles. The summed E-state index contributed by atoms with van der Waals surface area (Å²) in [7, 11) is 0. The maximum absolute atomic E-state index is 8.65. The van der Waals surface area contributed by atoms with Crippen molar-refractivity contribution in [2.24, 2.45) is 0 Å². The van der Waals surface area contributed by atoms with Crippen LogP contribution in [0.25, 0.3) is 0 Å². The molecular formula is H4O6W-. The van der Waals surface area contributed by atoms with Gasteiger partial charge >= 0.3 is 26.1 Å². The van der Waals surface area contributed by atoms with E-state index < -0.39 is 18.9 Å². The van der Waals surface area contributed by atoms with Gasteiger partial charge in [-0.25, -0.2) is 0 Å². The Morgan fingerprint density at radius 3 is 1.29 bits per heavy atom. The summed E-state index contributed by atoms with van der Waals surface area (Å²) in [5.74, 6) is 0. The fourth-order valence-corrected chi connectivity index (χ4v) is 0. The molecule has 0 aromatic carbocycles. The van der Waals surface area contributed by atoms with Crippen LogP contribution in [0, 0.1) is 0 Å². The molecule has 0 amide bonds. The van der Waals surface area contributed by atoms with E-state index in [4.69, 9.17) is 28.2 Å². The quantitative estimate of drug-likeness (QED) is 0.306. The second-order valence-electron chi connectivity index (χ2n) is 0.0745. The van der Waals surface area contributed by atoms with Crippen LogP contribution in [0.5, 0.6) is 0 Å². The molecule has 0 radical (unpaired) electrons. The number of rotatable bonds is 0. The van der Waals surface area contributed by atoms with Crippen LogP contribution in [-0.4, -0.2) is 19.5 Å². The molecule has 0 saturated heterocycles. The molecule has 0 unspecified atom stereocenters. The van der Waals surface area contributed by atoms with E-state index in [0.29, 0.717) is 0 Å². The first-order valence-electron chi connectivity index (χ1n) is 0.732. The summed E-state index contributed by atoms with van der Waals surface area (Å²) >= 11 is -2.00. The zero-order chi connectivity index (χ0) is 6.71. The fraction of sp³-hybridized carbons (Fsp3) is 0. The van der Waals surface area contributed by atoms with Crippen LogP contribution in [0.15, 0.2) is 0 Å². The van der Waals surface area contributed by atoms with Crippen LogP contribution >= 0.6 is 0 Å². The van der Waals surface area contributed by atoms with Crippen molar-refractivity contribution < 1.29 is 47.1 Å². The van der Waals surface area contributed by atoms with Gasteiger partial charge in [-0.15, -0.1) is 0 Å². The van der Waals surface area contributed by atoms with Gasteiger partial charge in [-0.05, 0) is 0 Å². The third-order valence-corrected chi connectivity index (χ3v) is 0. The summed E-state index contributed by atoms with van der Waals surface area (Å²) in [6.07, 6.45) is 0. The van der Waals surface area contributed by atoms with E-state index in [1.54, 1.807) is 0 Å². The first-order valence-corrected chi connectivity index (χ1v) is 3.24. The molecule has 0 bridgehead atoms. The summed E-state index contributed by atoms with van der Waals surface area (Å²) in [5, 5.41) is 25.0. The van der Waals surface area contributed by atoms with E-state index in [9.17, 15) is 0 Å². The molecule has 7 heteroatoms. The minimum absolute atomic E-state index is 2.00. The molecule has 0 saturated carbocycles. The van der Waals surface area contributed by atoms with Crippen LogP contribution in [0.1, 0.15) is 0 Å². The molecule has 4 N–H and O–H groups in total. The number of hydrogen-bond donors (Lipinski definition) is 4. The van der Waals surface area contributed by atoms with E-state index >= 15 is 0 Å². The molecule has 0 atom stereocenters. The maximum atomic E-state index is 8.65. The Morgan fingerprint density at radius 1 is 1.29 bits per heavy atom. The van der Waals surface area contributed by atoms with Crippen molar-refractivity contribution in [2.75, 3.05) is 0 Å². The molecule has 0 spiro atoms. The average molecular weight is 284 g/mol. The Balaban J connectivity index is -0.0000000360. The second kappa shape index (κ2) is 106. The van der Waals surface area contributed by atoms with Gasteiger partial charge in [0, 0.05) is 0 Å². The van der Waals surface area contributed by atoms with Gasteiger partial charge in [0.05, 0.1) is 0 Å². The molecule has 6 nitrogen and oxygen atoms in total. The normalized spacial score (nSPS) is 3.57. The zero-order valence-electron chi connectivity index (χ0n) is 3.01. The Morgan fingerprint density at radius 2 is 1.29 bits per heavy atom. The van der Waals surface area contributed by atoms with Crippen LogP contribution < -0.4 is 5.26 Å². The molecule has 0 aromatic rings. The van der Waals surface area contributed by atoms with Crippen molar-refractivity contribution in [3.8, 4) is 0 Å². The van der Waals surface area contributed by atoms with Gasteiger partial charge in [0.2, 0.25) is 0 Å². The zero-order valence-corrected chi connectivity index (χ0v) is 5.95. The molecular weight excluding hydrogens is 280 g/mol. The van der Waals surface area contributed by atoms with Crippen LogP contribution in [0.2, 0.25) is 0 Å². The minimum atomic E-state index is -2.00. The Bertz CT molecular complexity index is 11.7. The summed E-state index contributed by atoms with van der Waals surface area (Å²) in [4.78, 5) is 0. The van der Waals surface area contributed by atoms with Gasteiger partial charge < -0.3 is 10.5 Å². The number of hydrogen-bond acceptors (Lipinski definition) is 5. The predicted molar refractivity (Wildman–Crippen MR) is 10.8 cm³/mol. The van der Waals surface area contributed by atoms with Crippen molar-refractivity contribution in [1.29, 1.82) is 0 Å². The first-order chi connectivity index (χ1) is 3.41. The third-order valence-electron chi connectivity index (χ3n) is 0. The van der Waals surface area contributed by atoms with Crippen molar-refractivity contribution >= 4 is 0 Å². The molecule has 0 aliphatic heterocycles. The van der Waals surface area contributed by atoms with E-state index in [0.717, 1.165) is 0 Å². The summed E-state index contributed by atoms with van der Waals surface area (Å²) in [5.41, 5.74) is 0. The molecule has 47 valence electrons. The van der Waals surface area contributed by atoms with Gasteiger partial charge in [0.1, 0.15) is 0 Å². The summed E-state index contributed by atoms with van der Waals surface area (Å²) in [6, 6.07) is 0. The second-order valence-corrected chi connectivity index (χ2v) is 0.610. The van der Waals surface area contributed by atoms with Gasteiger partial charge in [0.15, 0.2) is 0 Å². The van der Waals surface area contributed by atoms with E-state index in [1.165, 1.54) is 0 Å². The molecule has 0 rings (SSSR count).